The van der Waals surface area contributed by atoms with Crippen molar-refractivity contribution in [2.45, 2.75) is 13.0 Å². The maximum atomic E-state index is 13.1. The minimum absolute atomic E-state index is 0.274. The van der Waals surface area contributed by atoms with Gasteiger partial charge in [-0.3, -0.25) is 4.68 Å². The summed E-state index contributed by atoms with van der Waals surface area (Å²) in [6, 6.07) is 6.35. The van der Waals surface area contributed by atoms with E-state index in [1.54, 1.807) is 10.7 Å². The zero-order valence-corrected chi connectivity index (χ0v) is 10.3. The number of nitrogens with zero attached hydrogens (tertiary/aromatic N) is 2. The number of halogens is 1. The van der Waals surface area contributed by atoms with Gasteiger partial charge in [-0.1, -0.05) is 0 Å². The maximum absolute atomic E-state index is 13.1. The van der Waals surface area contributed by atoms with Gasteiger partial charge in [0, 0.05) is 13.2 Å². The molecule has 2 N–H and O–H groups in total. The number of nitrogens with two attached hydrogens (primary N) is 1. The topological polar surface area (TPSA) is 53.1 Å². The second kappa shape index (κ2) is 5.64. The highest BCUT2D eigenvalue weighted by Gasteiger charge is 2.06. The van der Waals surface area contributed by atoms with Crippen LogP contribution < -0.4 is 10.5 Å². The number of hydrogen-bond acceptors (Lipinski definition) is 3. The van der Waals surface area contributed by atoms with Gasteiger partial charge in [0.2, 0.25) is 0 Å². The van der Waals surface area contributed by atoms with Crippen LogP contribution >= 0.6 is 0 Å². The van der Waals surface area contributed by atoms with Crippen molar-refractivity contribution in [3.8, 4) is 5.75 Å². The molecule has 0 saturated heterocycles. The van der Waals surface area contributed by atoms with E-state index in [9.17, 15) is 4.39 Å². The first-order chi connectivity index (χ1) is 8.69. The summed E-state index contributed by atoms with van der Waals surface area (Å²) in [5, 5.41) is 4.21. The standard InChI is InChI=1S/C13H16FN3O/c1-17-7-5-12(16-17)9-18-13-3-2-11(14)8-10(13)4-6-15/h2-3,5,7-8H,4,6,9,15H2,1H3. The molecule has 1 heterocycles. The molecule has 4 nitrogen and oxygen atoms in total. The molecule has 0 spiro atoms. The smallest absolute Gasteiger partial charge is 0.132 e. The Morgan fingerprint density at radius 3 is 2.89 bits per heavy atom. The molecule has 96 valence electrons. The lowest BCUT2D eigenvalue weighted by atomic mass is 10.1. The normalized spacial score (nSPS) is 10.6. The summed E-state index contributed by atoms with van der Waals surface area (Å²) in [6.45, 7) is 0.827. The first-order valence-corrected chi connectivity index (χ1v) is 5.79. The fourth-order valence-corrected chi connectivity index (χ4v) is 1.73. The fraction of sp³-hybridized carbons (Fsp3) is 0.308. The molecule has 2 aromatic rings. The van der Waals surface area contributed by atoms with Crippen LogP contribution in [-0.2, 0) is 20.1 Å². The van der Waals surface area contributed by atoms with E-state index in [1.807, 2.05) is 19.3 Å². The molecular weight excluding hydrogens is 233 g/mol. The molecule has 0 atom stereocenters. The second-order valence-corrected chi connectivity index (χ2v) is 4.06. The van der Waals surface area contributed by atoms with Crippen LogP contribution in [0, 0.1) is 5.82 Å². The third kappa shape index (κ3) is 3.07. The van der Waals surface area contributed by atoms with Gasteiger partial charge in [0.1, 0.15) is 18.2 Å². The lowest BCUT2D eigenvalue weighted by molar-refractivity contribution is 0.296. The zero-order valence-electron chi connectivity index (χ0n) is 10.3. The van der Waals surface area contributed by atoms with Gasteiger partial charge in [-0.25, -0.2) is 4.39 Å². The summed E-state index contributed by atoms with van der Waals surface area (Å²) >= 11 is 0. The van der Waals surface area contributed by atoms with Gasteiger partial charge < -0.3 is 10.5 Å². The zero-order chi connectivity index (χ0) is 13.0. The molecule has 0 saturated carbocycles. The summed E-state index contributed by atoms with van der Waals surface area (Å²) in [7, 11) is 1.85. The summed E-state index contributed by atoms with van der Waals surface area (Å²) in [4.78, 5) is 0. The van der Waals surface area contributed by atoms with Crippen molar-refractivity contribution in [1.82, 2.24) is 9.78 Å². The molecule has 0 fully saturated rings. The second-order valence-electron chi connectivity index (χ2n) is 4.06. The van der Waals surface area contributed by atoms with Crippen LogP contribution in [0.3, 0.4) is 0 Å². The number of hydrogen-bond donors (Lipinski definition) is 1. The van der Waals surface area contributed by atoms with Gasteiger partial charge in [0.25, 0.3) is 0 Å². The van der Waals surface area contributed by atoms with Crippen molar-refractivity contribution in [2.75, 3.05) is 6.54 Å². The summed E-state index contributed by atoms with van der Waals surface area (Å²) in [5.74, 6) is 0.385. The Bertz CT molecular complexity index is 525. The molecule has 18 heavy (non-hydrogen) atoms. The molecule has 0 aliphatic heterocycles. The van der Waals surface area contributed by atoms with Crippen LogP contribution in [-0.4, -0.2) is 16.3 Å². The van der Waals surface area contributed by atoms with Crippen LogP contribution in [0.4, 0.5) is 4.39 Å². The average molecular weight is 249 g/mol. The lowest BCUT2D eigenvalue weighted by Gasteiger charge is -2.10. The molecule has 0 bridgehead atoms. The van der Waals surface area contributed by atoms with E-state index in [2.05, 4.69) is 5.10 Å². The molecule has 0 amide bonds. The number of ether oxygens (including phenoxy) is 1. The molecular formula is C13H16FN3O. The SMILES string of the molecule is Cn1ccc(COc2ccc(F)cc2CCN)n1. The van der Waals surface area contributed by atoms with Crippen molar-refractivity contribution >= 4 is 0 Å². The van der Waals surface area contributed by atoms with Crippen LogP contribution in [0.1, 0.15) is 11.3 Å². The summed E-state index contributed by atoms with van der Waals surface area (Å²) in [6.07, 6.45) is 2.44. The molecule has 5 heteroatoms. The van der Waals surface area contributed by atoms with Gasteiger partial charge in [-0.2, -0.15) is 5.10 Å². The lowest BCUT2D eigenvalue weighted by Crippen LogP contribution is -2.06. The third-order valence-corrected chi connectivity index (χ3v) is 2.58. The predicted octanol–water partition coefficient (Wildman–Crippen LogP) is 1.64. The van der Waals surface area contributed by atoms with E-state index in [1.165, 1.54) is 12.1 Å². The number of benzene rings is 1. The molecule has 0 aliphatic rings. The minimum Gasteiger partial charge on any atom is -0.487 e. The van der Waals surface area contributed by atoms with Gasteiger partial charge in [-0.15, -0.1) is 0 Å². The quantitative estimate of drug-likeness (QED) is 0.876. The highest BCUT2D eigenvalue weighted by Crippen LogP contribution is 2.21. The molecule has 1 aromatic heterocycles. The molecule has 0 aliphatic carbocycles. The highest BCUT2D eigenvalue weighted by atomic mass is 19.1. The van der Waals surface area contributed by atoms with Crippen LogP contribution in [0.2, 0.25) is 0 Å². The Labute approximate surface area is 105 Å². The largest absolute Gasteiger partial charge is 0.487 e. The van der Waals surface area contributed by atoms with Gasteiger partial charge >= 0.3 is 0 Å². The predicted molar refractivity (Wildman–Crippen MR) is 66.7 cm³/mol. The molecule has 2 rings (SSSR count). The first kappa shape index (κ1) is 12.6. The monoisotopic (exact) mass is 249 g/mol. The Morgan fingerprint density at radius 1 is 1.39 bits per heavy atom. The summed E-state index contributed by atoms with van der Waals surface area (Å²) in [5.41, 5.74) is 7.12. The maximum Gasteiger partial charge on any atom is 0.132 e. The van der Waals surface area contributed by atoms with Crippen molar-refractivity contribution in [2.24, 2.45) is 12.8 Å². The third-order valence-electron chi connectivity index (χ3n) is 2.58. The van der Waals surface area contributed by atoms with E-state index in [4.69, 9.17) is 10.5 Å². The average Bonchev–Trinajstić information content (AvgIpc) is 2.75. The van der Waals surface area contributed by atoms with Gasteiger partial charge in [0.05, 0.1) is 5.69 Å². The van der Waals surface area contributed by atoms with E-state index in [-0.39, 0.29) is 5.82 Å². The minimum atomic E-state index is -0.274. The molecule has 0 unspecified atom stereocenters. The Kier molecular flexibility index (Phi) is 3.94. The van der Waals surface area contributed by atoms with Crippen molar-refractivity contribution in [1.29, 1.82) is 0 Å². The first-order valence-electron chi connectivity index (χ1n) is 5.79. The van der Waals surface area contributed by atoms with E-state index in [0.29, 0.717) is 25.3 Å². The number of aromatic nitrogens is 2. The fourth-order valence-electron chi connectivity index (χ4n) is 1.73. The Hall–Kier alpha value is -1.88. The summed E-state index contributed by atoms with van der Waals surface area (Å²) < 4.78 is 20.5. The van der Waals surface area contributed by atoms with Gasteiger partial charge in [-0.05, 0) is 42.8 Å². The Balaban J connectivity index is 2.08. The molecule has 0 radical (unpaired) electrons. The van der Waals surface area contributed by atoms with E-state index in [0.717, 1.165) is 11.3 Å². The van der Waals surface area contributed by atoms with Crippen LogP contribution in [0.5, 0.6) is 5.75 Å². The van der Waals surface area contributed by atoms with E-state index >= 15 is 0 Å². The van der Waals surface area contributed by atoms with Crippen LogP contribution in [0.15, 0.2) is 30.5 Å². The Morgan fingerprint density at radius 2 is 2.22 bits per heavy atom. The van der Waals surface area contributed by atoms with Gasteiger partial charge in [0.15, 0.2) is 0 Å². The highest BCUT2D eigenvalue weighted by molar-refractivity contribution is 5.34. The van der Waals surface area contributed by atoms with Crippen molar-refractivity contribution in [3.05, 3.63) is 47.5 Å². The number of rotatable bonds is 5. The van der Waals surface area contributed by atoms with E-state index < -0.39 is 0 Å². The molecule has 1 aromatic carbocycles. The van der Waals surface area contributed by atoms with Crippen molar-refractivity contribution in [3.63, 3.8) is 0 Å². The van der Waals surface area contributed by atoms with Crippen LogP contribution in [0.25, 0.3) is 0 Å². The van der Waals surface area contributed by atoms with Crippen molar-refractivity contribution < 1.29 is 9.13 Å². The number of aryl methyl sites for hydroxylation is 1.